The molecule has 0 spiro atoms. The smallest absolute Gasteiger partial charge is 0.0412 e. The molecule has 2 aliphatic rings. The molecule has 3 rings (SSSR count). The Kier molecular flexibility index (Phi) is 4.75. The fraction of sp³-hybridized carbons (Fsp3) is 0.667. The molecular weight excluding hydrogens is 280 g/mol. The summed E-state index contributed by atoms with van der Waals surface area (Å²) in [6.07, 6.45) is 8.08. The first-order chi connectivity index (χ1) is 10.1. The van der Waals surface area contributed by atoms with Crippen LogP contribution in [0.4, 0.5) is 5.69 Å². The van der Waals surface area contributed by atoms with Crippen LogP contribution in [0.5, 0.6) is 0 Å². The van der Waals surface area contributed by atoms with E-state index in [2.05, 4.69) is 36.3 Å². The van der Waals surface area contributed by atoms with Gasteiger partial charge in [0.25, 0.3) is 0 Å². The Hall–Kier alpha value is -0.730. The maximum atomic E-state index is 6.22. The average molecular weight is 307 g/mol. The minimum absolute atomic E-state index is 0.666. The van der Waals surface area contributed by atoms with Crippen molar-refractivity contribution in [3.8, 4) is 0 Å². The molecule has 0 aromatic heterocycles. The fourth-order valence-corrected chi connectivity index (χ4v) is 3.83. The van der Waals surface area contributed by atoms with E-state index in [1.807, 2.05) is 6.07 Å². The monoisotopic (exact) mass is 306 g/mol. The van der Waals surface area contributed by atoms with Crippen molar-refractivity contribution < 1.29 is 0 Å². The molecule has 3 heteroatoms. The molecule has 2 nitrogen and oxygen atoms in total. The summed E-state index contributed by atoms with van der Waals surface area (Å²) in [7, 11) is 2.26. The standard InChI is InChI=1S/C18H27ClN2/c1-13-5-3-4-6-17(13)21(2)18-10-7-15(19)11-14(18)12-20-16-8-9-16/h7,10-11,13,16-17,20H,3-6,8-9,12H2,1-2H3. The zero-order valence-electron chi connectivity index (χ0n) is 13.2. The van der Waals surface area contributed by atoms with Gasteiger partial charge in [-0.25, -0.2) is 0 Å². The molecule has 0 aliphatic heterocycles. The Bertz CT molecular complexity index is 484. The van der Waals surface area contributed by atoms with Gasteiger partial charge in [-0.2, -0.15) is 0 Å². The lowest BCUT2D eigenvalue weighted by Crippen LogP contribution is -2.39. The third-order valence-electron chi connectivity index (χ3n) is 5.14. The Morgan fingerprint density at radius 1 is 1.19 bits per heavy atom. The molecule has 1 N–H and O–H groups in total. The number of rotatable bonds is 5. The van der Waals surface area contributed by atoms with E-state index in [0.717, 1.165) is 23.5 Å². The maximum absolute atomic E-state index is 6.22. The van der Waals surface area contributed by atoms with Crippen LogP contribution in [0.3, 0.4) is 0 Å². The summed E-state index contributed by atoms with van der Waals surface area (Å²) >= 11 is 6.22. The fourth-order valence-electron chi connectivity index (χ4n) is 3.63. The van der Waals surface area contributed by atoms with Crippen LogP contribution in [0.15, 0.2) is 18.2 Å². The minimum Gasteiger partial charge on any atom is -0.371 e. The average Bonchev–Trinajstić information content (AvgIpc) is 3.29. The highest BCUT2D eigenvalue weighted by molar-refractivity contribution is 6.30. The first kappa shape index (κ1) is 15.2. The number of benzene rings is 1. The van der Waals surface area contributed by atoms with Crippen molar-refractivity contribution in [2.45, 2.75) is 64.1 Å². The van der Waals surface area contributed by atoms with Crippen LogP contribution in [-0.4, -0.2) is 19.1 Å². The van der Waals surface area contributed by atoms with E-state index in [0.29, 0.717) is 6.04 Å². The van der Waals surface area contributed by atoms with E-state index in [-0.39, 0.29) is 0 Å². The highest BCUT2D eigenvalue weighted by Gasteiger charge is 2.27. The SMILES string of the molecule is CC1CCCCC1N(C)c1ccc(Cl)cc1CNC1CC1. The second-order valence-corrected chi connectivity index (χ2v) is 7.30. The molecule has 116 valence electrons. The lowest BCUT2D eigenvalue weighted by molar-refractivity contribution is 0.321. The van der Waals surface area contributed by atoms with Gasteiger partial charge >= 0.3 is 0 Å². The summed E-state index contributed by atoms with van der Waals surface area (Å²) in [5, 5.41) is 4.47. The van der Waals surface area contributed by atoms with Gasteiger partial charge in [-0.15, -0.1) is 0 Å². The quantitative estimate of drug-likeness (QED) is 0.855. The maximum Gasteiger partial charge on any atom is 0.0412 e. The summed E-state index contributed by atoms with van der Waals surface area (Å²) in [5.74, 6) is 0.781. The topological polar surface area (TPSA) is 15.3 Å². The number of hydrogen-bond acceptors (Lipinski definition) is 2. The molecule has 0 amide bonds. The lowest BCUT2D eigenvalue weighted by atomic mass is 9.84. The van der Waals surface area contributed by atoms with Crippen molar-refractivity contribution in [3.63, 3.8) is 0 Å². The predicted octanol–water partition coefficient (Wildman–Crippen LogP) is 4.61. The van der Waals surface area contributed by atoms with Crippen molar-refractivity contribution in [1.82, 2.24) is 5.32 Å². The summed E-state index contributed by atoms with van der Waals surface area (Å²) in [4.78, 5) is 2.50. The Balaban J connectivity index is 1.78. The highest BCUT2D eigenvalue weighted by atomic mass is 35.5. The van der Waals surface area contributed by atoms with E-state index in [4.69, 9.17) is 11.6 Å². The lowest BCUT2D eigenvalue weighted by Gasteiger charge is -2.38. The van der Waals surface area contributed by atoms with Gasteiger partial charge in [0.15, 0.2) is 0 Å². The molecule has 0 heterocycles. The van der Waals surface area contributed by atoms with E-state index >= 15 is 0 Å². The molecule has 2 atom stereocenters. The van der Waals surface area contributed by atoms with Crippen LogP contribution in [-0.2, 0) is 6.54 Å². The first-order valence-corrected chi connectivity index (χ1v) is 8.77. The summed E-state index contributed by atoms with van der Waals surface area (Å²) in [6.45, 7) is 3.34. The molecule has 2 saturated carbocycles. The van der Waals surface area contributed by atoms with E-state index in [1.54, 1.807) is 0 Å². The summed E-state index contributed by atoms with van der Waals surface area (Å²) in [5.41, 5.74) is 2.70. The van der Waals surface area contributed by atoms with Gasteiger partial charge < -0.3 is 10.2 Å². The number of nitrogens with one attached hydrogen (secondary N) is 1. The van der Waals surface area contributed by atoms with Crippen molar-refractivity contribution in [2.24, 2.45) is 5.92 Å². The zero-order valence-corrected chi connectivity index (χ0v) is 14.0. The molecule has 0 saturated heterocycles. The van der Waals surface area contributed by atoms with Crippen molar-refractivity contribution in [3.05, 3.63) is 28.8 Å². The Labute approximate surface area is 133 Å². The molecule has 2 fully saturated rings. The largest absolute Gasteiger partial charge is 0.371 e. The van der Waals surface area contributed by atoms with Crippen LogP contribution >= 0.6 is 11.6 Å². The molecule has 2 unspecified atom stereocenters. The normalized spacial score (nSPS) is 25.9. The molecule has 0 radical (unpaired) electrons. The first-order valence-electron chi connectivity index (χ1n) is 8.40. The second-order valence-electron chi connectivity index (χ2n) is 6.87. The van der Waals surface area contributed by atoms with Gasteiger partial charge in [-0.3, -0.25) is 0 Å². The van der Waals surface area contributed by atoms with Crippen LogP contribution in [0.1, 0.15) is 51.0 Å². The minimum atomic E-state index is 0.666. The van der Waals surface area contributed by atoms with Gasteiger partial charge in [-0.05, 0) is 55.4 Å². The number of nitrogens with zero attached hydrogens (tertiary/aromatic N) is 1. The van der Waals surface area contributed by atoms with Gasteiger partial charge in [0, 0.05) is 36.4 Å². The predicted molar refractivity (Wildman–Crippen MR) is 91.1 cm³/mol. The molecule has 0 bridgehead atoms. The van der Waals surface area contributed by atoms with Gasteiger partial charge in [0.2, 0.25) is 0 Å². The number of anilines is 1. The molecule has 1 aromatic rings. The Morgan fingerprint density at radius 3 is 2.67 bits per heavy atom. The third-order valence-corrected chi connectivity index (χ3v) is 5.38. The van der Waals surface area contributed by atoms with Crippen molar-refractivity contribution in [1.29, 1.82) is 0 Å². The van der Waals surface area contributed by atoms with Crippen molar-refractivity contribution >= 4 is 17.3 Å². The molecular formula is C18H27ClN2. The van der Waals surface area contributed by atoms with Gasteiger partial charge in [0.05, 0.1) is 0 Å². The van der Waals surface area contributed by atoms with Crippen molar-refractivity contribution in [2.75, 3.05) is 11.9 Å². The van der Waals surface area contributed by atoms with Gasteiger partial charge in [-0.1, -0.05) is 31.4 Å². The molecule has 1 aromatic carbocycles. The summed E-state index contributed by atoms with van der Waals surface area (Å²) in [6, 6.07) is 7.76. The van der Waals surface area contributed by atoms with E-state index in [9.17, 15) is 0 Å². The Morgan fingerprint density at radius 2 is 1.95 bits per heavy atom. The zero-order chi connectivity index (χ0) is 14.8. The van der Waals surface area contributed by atoms with Crippen LogP contribution in [0.2, 0.25) is 5.02 Å². The highest BCUT2D eigenvalue weighted by Crippen LogP contribution is 2.33. The summed E-state index contributed by atoms with van der Waals surface area (Å²) < 4.78 is 0. The van der Waals surface area contributed by atoms with Gasteiger partial charge in [0.1, 0.15) is 0 Å². The van der Waals surface area contributed by atoms with E-state index < -0.39 is 0 Å². The van der Waals surface area contributed by atoms with Crippen LogP contribution in [0, 0.1) is 5.92 Å². The van der Waals surface area contributed by atoms with E-state index in [1.165, 1.54) is 49.8 Å². The van der Waals surface area contributed by atoms with Crippen LogP contribution < -0.4 is 10.2 Å². The second kappa shape index (κ2) is 6.58. The number of halogens is 1. The molecule has 2 aliphatic carbocycles. The molecule has 21 heavy (non-hydrogen) atoms. The van der Waals surface area contributed by atoms with Crippen LogP contribution in [0.25, 0.3) is 0 Å². The third kappa shape index (κ3) is 3.73. The number of hydrogen-bond donors (Lipinski definition) is 1.